The third-order valence-corrected chi connectivity index (χ3v) is 12.7. The van der Waals surface area contributed by atoms with E-state index in [1.807, 2.05) is 23.1 Å². The third-order valence-electron chi connectivity index (χ3n) is 6.58. The molecule has 1 aliphatic rings. The summed E-state index contributed by atoms with van der Waals surface area (Å²) in [6.45, 7) is 18.5. The van der Waals surface area contributed by atoms with Gasteiger partial charge in [-0.05, 0) is 28.1 Å². The Bertz CT molecular complexity index is 578. The van der Waals surface area contributed by atoms with E-state index in [-0.39, 0.29) is 5.91 Å². The quantitative estimate of drug-likeness (QED) is 0.521. The molecule has 1 aromatic carbocycles. The van der Waals surface area contributed by atoms with Gasteiger partial charge in [0.15, 0.2) is 8.32 Å². The van der Waals surface area contributed by atoms with Crippen molar-refractivity contribution in [3.63, 3.8) is 0 Å². The van der Waals surface area contributed by atoms with Crippen LogP contribution in [-0.2, 0) is 15.8 Å². The Kier molecular flexibility index (Phi) is 7.70. The number of benzene rings is 1. The van der Waals surface area contributed by atoms with Crippen molar-refractivity contribution >= 4 is 14.2 Å². The molecule has 0 aromatic heterocycles. The van der Waals surface area contributed by atoms with E-state index in [0.29, 0.717) is 41.4 Å². The molecule has 1 saturated heterocycles. The molecule has 1 fully saturated rings. The molecule has 0 bridgehead atoms. The van der Waals surface area contributed by atoms with Crippen molar-refractivity contribution in [2.24, 2.45) is 11.8 Å². The van der Waals surface area contributed by atoms with Gasteiger partial charge in [0.25, 0.3) is 0 Å². The number of amides is 1. The first-order chi connectivity index (χ1) is 12.7. The fraction of sp³-hybridized carbons (Fsp3) is 0.696. The molecule has 0 radical (unpaired) electrons. The van der Waals surface area contributed by atoms with Gasteiger partial charge < -0.3 is 9.33 Å². The maximum absolute atomic E-state index is 12.6. The summed E-state index contributed by atoms with van der Waals surface area (Å²) in [6.07, 6.45) is 0.639. The van der Waals surface area contributed by atoms with E-state index in [4.69, 9.17) is 4.43 Å². The lowest BCUT2D eigenvalue weighted by Gasteiger charge is -2.45. The van der Waals surface area contributed by atoms with Crippen LogP contribution in [0.25, 0.3) is 0 Å². The van der Waals surface area contributed by atoms with Gasteiger partial charge in [-0.25, -0.2) is 0 Å². The number of carbonyl (C=O) groups is 1. The number of nitrogens with zero attached hydrogens (tertiary/aromatic N) is 1. The van der Waals surface area contributed by atoms with Crippen LogP contribution in [0.2, 0.25) is 16.6 Å². The van der Waals surface area contributed by atoms with Gasteiger partial charge >= 0.3 is 0 Å². The highest BCUT2D eigenvalue weighted by molar-refractivity contribution is 6.77. The summed E-state index contributed by atoms with van der Waals surface area (Å²) >= 11 is 0. The summed E-state index contributed by atoms with van der Waals surface area (Å²) in [6, 6.07) is 10.3. The van der Waals surface area contributed by atoms with Crippen LogP contribution >= 0.6 is 0 Å². The van der Waals surface area contributed by atoms with Crippen molar-refractivity contribution in [1.82, 2.24) is 4.90 Å². The maximum Gasteiger partial charge on any atom is 0.223 e. The smallest absolute Gasteiger partial charge is 0.223 e. The summed E-state index contributed by atoms with van der Waals surface area (Å²) in [5, 5.41) is 0. The lowest BCUT2D eigenvalue weighted by atomic mass is 9.87. The molecule has 2 rings (SSSR count). The fourth-order valence-corrected chi connectivity index (χ4v) is 10.6. The lowest BCUT2D eigenvalue weighted by molar-refractivity contribution is -0.138. The number of piperidine rings is 1. The number of hydrogen-bond acceptors (Lipinski definition) is 2. The molecular formula is C23H39NO2Si. The zero-order valence-corrected chi connectivity index (χ0v) is 19.4. The summed E-state index contributed by atoms with van der Waals surface area (Å²) in [5.41, 5.74) is 2.99. The van der Waals surface area contributed by atoms with Crippen LogP contribution in [0, 0.1) is 11.8 Å². The fourth-order valence-electron chi connectivity index (χ4n) is 5.06. The summed E-state index contributed by atoms with van der Waals surface area (Å²) in [4.78, 5) is 14.6. The molecule has 1 heterocycles. The first kappa shape index (κ1) is 22.2. The molecule has 1 amide bonds. The Morgan fingerprint density at radius 2 is 1.59 bits per heavy atom. The lowest BCUT2D eigenvalue weighted by Crippen LogP contribution is -2.51. The zero-order valence-electron chi connectivity index (χ0n) is 18.4. The molecular weight excluding hydrogens is 350 g/mol. The minimum atomic E-state index is -1.86. The molecule has 1 aromatic rings. The second-order valence-corrected chi connectivity index (χ2v) is 14.8. The van der Waals surface area contributed by atoms with Crippen LogP contribution in [0.4, 0.5) is 0 Å². The Labute approximate surface area is 167 Å². The van der Waals surface area contributed by atoms with Crippen molar-refractivity contribution in [2.45, 2.75) is 78.1 Å². The van der Waals surface area contributed by atoms with Crippen LogP contribution in [0.1, 0.15) is 60.5 Å². The van der Waals surface area contributed by atoms with E-state index in [0.717, 1.165) is 13.2 Å². The van der Waals surface area contributed by atoms with Crippen LogP contribution in [-0.4, -0.2) is 32.3 Å². The number of hydrogen-bond donors (Lipinski definition) is 0. The first-order valence-corrected chi connectivity index (χ1v) is 12.8. The largest absolute Gasteiger partial charge is 0.416 e. The number of carbonyl (C=O) groups excluding carboxylic acids is 1. The van der Waals surface area contributed by atoms with Crippen LogP contribution in [0.3, 0.4) is 0 Å². The van der Waals surface area contributed by atoms with Gasteiger partial charge in [0.05, 0.1) is 0 Å². The van der Waals surface area contributed by atoms with E-state index in [1.165, 1.54) is 5.56 Å². The highest BCUT2D eigenvalue weighted by atomic mass is 28.4. The topological polar surface area (TPSA) is 29.5 Å². The van der Waals surface area contributed by atoms with E-state index < -0.39 is 8.32 Å². The molecule has 0 aliphatic carbocycles. The van der Waals surface area contributed by atoms with E-state index in [1.54, 1.807) is 0 Å². The van der Waals surface area contributed by atoms with Crippen molar-refractivity contribution in [3.05, 3.63) is 35.9 Å². The SMILES string of the molecule is CC(C)[Si](OCC1CN(Cc2ccccc2)C(=O)C[C@H]1C)(C(C)C)C(C)C. The maximum atomic E-state index is 12.6. The van der Waals surface area contributed by atoms with E-state index >= 15 is 0 Å². The van der Waals surface area contributed by atoms with Gasteiger partial charge in [0.1, 0.15) is 0 Å². The number of rotatable bonds is 8. The summed E-state index contributed by atoms with van der Waals surface area (Å²) < 4.78 is 6.86. The first-order valence-electron chi connectivity index (χ1n) is 10.6. The molecule has 0 saturated carbocycles. The van der Waals surface area contributed by atoms with Crippen molar-refractivity contribution < 1.29 is 9.22 Å². The molecule has 0 N–H and O–H groups in total. The van der Waals surface area contributed by atoms with Gasteiger partial charge in [-0.1, -0.05) is 78.8 Å². The third kappa shape index (κ3) is 5.03. The molecule has 2 atom stereocenters. The summed E-state index contributed by atoms with van der Waals surface area (Å²) in [5.74, 6) is 1.10. The normalized spacial score (nSPS) is 21.6. The van der Waals surface area contributed by atoms with Gasteiger partial charge in [-0.3, -0.25) is 4.79 Å². The van der Waals surface area contributed by atoms with Crippen LogP contribution in [0.5, 0.6) is 0 Å². The average Bonchev–Trinajstić information content (AvgIpc) is 2.59. The molecule has 27 heavy (non-hydrogen) atoms. The Hall–Kier alpha value is -1.13. The van der Waals surface area contributed by atoms with Crippen LogP contribution < -0.4 is 0 Å². The Morgan fingerprint density at radius 1 is 1.04 bits per heavy atom. The second kappa shape index (κ2) is 9.38. The number of likely N-dealkylation sites (tertiary alicyclic amines) is 1. The van der Waals surface area contributed by atoms with Crippen LogP contribution in [0.15, 0.2) is 30.3 Å². The molecule has 152 valence electrons. The predicted molar refractivity (Wildman–Crippen MR) is 116 cm³/mol. The van der Waals surface area contributed by atoms with Gasteiger partial charge in [-0.15, -0.1) is 0 Å². The van der Waals surface area contributed by atoms with E-state index in [2.05, 4.69) is 60.6 Å². The molecule has 0 spiro atoms. The molecule has 1 unspecified atom stereocenters. The van der Waals surface area contributed by atoms with Crippen molar-refractivity contribution in [1.29, 1.82) is 0 Å². The second-order valence-electron chi connectivity index (χ2n) is 9.33. The Morgan fingerprint density at radius 3 is 2.11 bits per heavy atom. The average molecular weight is 390 g/mol. The minimum Gasteiger partial charge on any atom is -0.416 e. The van der Waals surface area contributed by atoms with Gasteiger partial charge in [-0.2, -0.15) is 0 Å². The molecule has 4 heteroatoms. The highest BCUT2D eigenvalue weighted by Crippen LogP contribution is 2.43. The van der Waals surface area contributed by atoms with Crippen molar-refractivity contribution in [3.8, 4) is 0 Å². The van der Waals surface area contributed by atoms with Crippen molar-refractivity contribution in [2.75, 3.05) is 13.2 Å². The summed E-state index contributed by atoms with van der Waals surface area (Å²) in [7, 11) is -1.86. The highest BCUT2D eigenvalue weighted by Gasteiger charge is 2.46. The molecule has 1 aliphatic heterocycles. The predicted octanol–water partition coefficient (Wildman–Crippen LogP) is 5.86. The van der Waals surface area contributed by atoms with E-state index in [9.17, 15) is 4.79 Å². The van der Waals surface area contributed by atoms with Gasteiger partial charge in [0, 0.05) is 32.0 Å². The standard InChI is InChI=1S/C23H39NO2Si/c1-17(2)27(18(3)4,19(5)6)26-16-22-15-24(23(25)13-20(22)7)14-21-11-9-8-10-12-21/h8-12,17-20,22H,13-16H2,1-7H3/t20-,22?/m1/s1. The molecule has 3 nitrogen and oxygen atoms in total. The monoisotopic (exact) mass is 389 g/mol. The Balaban J connectivity index is 2.09. The van der Waals surface area contributed by atoms with Gasteiger partial charge in [0.2, 0.25) is 5.91 Å². The minimum absolute atomic E-state index is 0.280. The zero-order chi connectivity index (χ0) is 20.2.